The summed E-state index contributed by atoms with van der Waals surface area (Å²) in [5.41, 5.74) is 10.1. The maximum Gasteiger partial charge on any atom is 0.0457 e. The first kappa shape index (κ1) is 14.6. The van der Waals surface area contributed by atoms with Crippen LogP contribution in [0.1, 0.15) is 36.8 Å². The minimum absolute atomic E-state index is 0.486. The molecule has 114 valence electrons. The molecular formula is C18H27N3. The van der Waals surface area contributed by atoms with Gasteiger partial charge in [0.15, 0.2) is 0 Å². The third kappa shape index (κ3) is 2.85. The van der Waals surface area contributed by atoms with E-state index in [1.54, 1.807) is 0 Å². The van der Waals surface area contributed by atoms with Crippen molar-refractivity contribution in [3.63, 3.8) is 0 Å². The van der Waals surface area contributed by atoms with Crippen molar-refractivity contribution < 1.29 is 0 Å². The first-order chi connectivity index (χ1) is 10.2. The molecule has 0 spiro atoms. The van der Waals surface area contributed by atoms with Crippen LogP contribution in [-0.2, 0) is 0 Å². The summed E-state index contributed by atoms with van der Waals surface area (Å²) in [7, 11) is 0. The van der Waals surface area contributed by atoms with Crippen molar-refractivity contribution in [2.45, 2.75) is 32.6 Å². The lowest BCUT2D eigenvalue weighted by molar-refractivity contribution is 0.176. The summed E-state index contributed by atoms with van der Waals surface area (Å²) in [6.07, 6.45) is 4.73. The molecule has 3 rings (SSSR count). The van der Waals surface area contributed by atoms with Crippen molar-refractivity contribution in [2.75, 3.05) is 26.2 Å². The number of nitrogens with two attached hydrogens (primary N) is 1. The summed E-state index contributed by atoms with van der Waals surface area (Å²) in [4.78, 5) is 5.97. The average Bonchev–Trinajstić information content (AvgIpc) is 2.92. The first-order valence-electron chi connectivity index (χ1n) is 8.23. The lowest BCUT2D eigenvalue weighted by atomic mass is 9.80. The van der Waals surface area contributed by atoms with E-state index in [1.807, 2.05) is 0 Å². The largest absolute Gasteiger partial charge is 0.361 e. The predicted octanol–water partition coefficient (Wildman–Crippen LogP) is 3.25. The quantitative estimate of drug-likeness (QED) is 0.905. The molecule has 1 atom stereocenters. The molecule has 1 aromatic carbocycles. The molecule has 1 unspecified atom stereocenters. The van der Waals surface area contributed by atoms with Gasteiger partial charge in [-0.15, -0.1) is 0 Å². The van der Waals surface area contributed by atoms with Gasteiger partial charge in [-0.25, -0.2) is 0 Å². The Bertz CT molecular complexity index is 594. The molecule has 0 radical (unpaired) electrons. The Hall–Kier alpha value is -1.32. The monoisotopic (exact) mass is 285 g/mol. The van der Waals surface area contributed by atoms with Crippen molar-refractivity contribution >= 4 is 10.9 Å². The standard InChI is InChI=1S/C18H27N3/c1-3-21-8-6-14(7-9-21)16(11-19)17-12-20-18-5-4-13(2)10-15(17)18/h4-5,10,12,14,16,20H,3,6-9,11,19H2,1-2H3. The van der Waals surface area contributed by atoms with Gasteiger partial charge in [0.1, 0.15) is 0 Å². The molecule has 3 N–H and O–H groups in total. The zero-order valence-electron chi connectivity index (χ0n) is 13.2. The highest BCUT2D eigenvalue weighted by Gasteiger charge is 2.27. The van der Waals surface area contributed by atoms with E-state index in [1.165, 1.54) is 54.5 Å². The molecule has 1 aliphatic rings. The second-order valence-electron chi connectivity index (χ2n) is 6.41. The molecular weight excluding hydrogens is 258 g/mol. The smallest absolute Gasteiger partial charge is 0.0457 e. The molecule has 1 aromatic heterocycles. The van der Waals surface area contributed by atoms with Gasteiger partial charge < -0.3 is 15.6 Å². The second-order valence-corrected chi connectivity index (χ2v) is 6.41. The van der Waals surface area contributed by atoms with Gasteiger partial charge in [-0.3, -0.25) is 0 Å². The van der Waals surface area contributed by atoms with E-state index < -0.39 is 0 Å². The third-order valence-electron chi connectivity index (χ3n) is 5.17. The van der Waals surface area contributed by atoms with Crippen LogP contribution in [0, 0.1) is 12.8 Å². The van der Waals surface area contributed by atoms with Crippen LogP contribution >= 0.6 is 0 Å². The van der Waals surface area contributed by atoms with Crippen LogP contribution in [0.15, 0.2) is 24.4 Å². The van der Waals surface area contributed by atoms with Crippen LogP contribution in [0.25, 0.3) is 10.9 Å². The SMILES string of the molecule is CCN1CCC(C(CN)c2c[nH]c3ccc(C)cc23)CC1. The number of rotatable bonds is 4. The summed E-state index contributed by atoms with van der Waals surface area (Å²) in [5, 5.41) is 1.36. The fraction of sp³-hybridized carbons (Fsp3) is 0.556. The van der Waals surface area contributed by atoms with Gasteiger partial charge in [-0.05, 0) is 69.6 Å². The summed E-state index contributed by atoms with van der Waals surface area (Å²) >= 11 is 0. The number of aryl methyl sites for hydroxylation is 1. The maximum absolute atomic E-state index is 6.16. The van der Waals surface area contributed by atoms with Gasteiger partial charge in [0, 0.05) is 23.0 Å². The maximum atomic E-state index is 6.16. The second kappa shape index (κ2) is 6.20. The predicted molar refractivity (Wildman–Crippen MR) is 89.7 cm³/mol. The Morgan fingerprint density at radius 3 is 2.76 bits per heavy atom. The van der Waals surface area contributed by atoms with Crippen molar-refractivity contribution in [3.05, 3.63) is 35.5 Å². The molecule has 0 aliphatic carbocycles. The number of nitrogens with zero attached hydrogens (tertiary/aromatic N) is 1. The number of fused-ring (bicyclic) bond motifs is 1. The Kier molecular flexibility index (Phi) is 4.32. The fourth-order valence-electron chi connectivity index (χ4n) is 3.81. The van der Waals surface area contributed by atoms with Crippen LogP contribution in [0.4, 0.5) is 0 Å². The lowest BCUT2D eigenvalue weighted by Gasteiger charge is -2.35. The molecule has 1 aliphatic heterocycles. The number of hydrogen-bond acceptors (Lipinski definition) is 2. The molecule has 3 heteroatoms. The Labute approximate surface area is 127 Å². The first-order valence-corrected chi connectivity index (χ1v) is 8.23. The van der Waals surface area contributed by atoms with Gasteiger partial charge in [0.05, 0.1) is 0 Å². The molecule has 2 heterocycles. The molecule has 0 amide bonds. The zero-order valence-corrected chi connectivity index (χ0v) is 13.2. The minimum Gasteiger partial charge on any atom is -0.361 e. The Morgan fingerprint density at radius 2 is 2.10 bits per heavy atom. The van der Waals surface area contributed by atoms with E-state index in [0.717, 1.165) is 12.5 Å². The van der Waals surface area contributed by atoms with Gasteiger partial charge in [0.25, 0.3) is 0 Å². The highest BCUT2D eigenvalue weighted by molar-refractivity contribution is 5.84. The summed E-state index contributed by atoms with van der Waals surface area (Å²) in [5.74, 6) is 1.21. The third-order valence-corrected chi connectivity index (χ3v) is 5.17. The molecule has 0 bridgehead atoms. The van der Waals surface area contributed by atoms with Crippen molar-refractivity contribution in [2.24, 2.45) is 11.7 Å². The van der Waals surface area contributed by atoms with Gasteiger partial charge in [-0.2, -0.15) is 0 Å². The fourth-order valence-corrected chi connectivity index (χ4v) is 3.81. The Morgan fingerprint density at radius 1 is 1.33 bits per heavy atom. The zero-order chi connectivity index (χ0) is 14.8. The number of aromatic nitrogens is 1. The van der Waals surface area contributed by atoms with E-state index in [-0.39, 0.29) is 0 Å². The molecule has 2 aromatic rings. The van der Waals surface area contributed by atoms with Crippen molar-refractivity contribution in [1.82, 2.24) is 9.88 Å². The molecule has 1 fully saturated rings. The topological polar surface area (TPSA) is 45.0 Å². The van der Waals surface area contributed by atoms with Crippen LogP contribution in [0.3, 0.4) is 0 Å². The van der Waals surface area contributed by atoms with E-state index in [9.17, 15) is 0 Å². The van der Waals surface area contributed by atoms with E-state index in [2.05, 4.69) is 48.1 Å². The van der Waals surface area contributed by atoms with Crippen LogP contribution in [0.2, 0.25) is 0 Å². The molecule has 1 saturated heterocycles. The highest BCUT2D eigenvalue weighted by Crippen LogP contribution is 2.35. The van der Waals surface area contributed by atoms with Gasteiger partial charge in [0.2, 0.25) is 0 Å². The van der Waals surface area contributed by atoms with Crippen LogP contribution < -0.4 is 5.73 Å². The van der Waals surface area contributed by atoms with Crippen molar-refractivity contribution in [3.8, 4) is 0 Å². The highest BCUT2D eigenvalue weighted by atomic mass is 15.1. The number of benzene rings is 1. The van der Waals surface area contributed by atoms with Crippen molar-refractivity contribution in [1.29, 1.82) is 0 Å². The molecule has 3 nitrogen and oxygen atoms in total. The number of H-pyrrole nitrogens is 1. The van der Waals surface area contributed by atoms with E-state index in [4.69, 9.17) is 5.73 Å². The van der Waals surface area contributed by atoms with Crippen LogP contribution in [0.5, 0.6) is 0 Å². The van der Waals surface area contributed by atoms with E-state index >= 15 is 0 Å². The minimum atomic E-state index is 0.486. The van der Waals surface area contributed by atoms with Crippen LogP contribution in [-0.4, -0.2) is 36.1 Å². The molecule has 0 saturated carbocycles. The number of nitrogens with one attached hydrogen (secondary N) is 1. The number of hydrogen-bond donors (Lipinski definition) is 2. The number of piperidine rings is 1. The number of aromatic amines is 1. The normalized spacial score (nSPS) is 19.2. The summed E-state index contributed by atoms with van der Waals surface area (Å²) in [6.45, 7) is 8.78. The average molecular weight is 285 g/mol. The summed E-state index contributed by atoms with van der Waals surface area (Å²) in [6, 6.07) is 6.65. The Balaban J connectivity index is 1.86. The number of likely N-dealkylation sites (tertiary alicyclic amines) is 1. The summed E-state index contributed by atoms with van der Waals surface area (Å²) < 4.78 is 0. The molecule has 21 heavy (non-hydrogen) atoms. The lowest BCUT2D eigenvalue weighted by Crippen LogP contribution is -2.36. The van der Waals surface area contributed by atoms with E-state index in [0.29, 0.717) is 5.92 Å². The van der Waals surface area contributed by atoms with Gasteiger partial charge >= 0.3 is 0 Å². The van der Waals surface area contributed by atoms with Gasteiger partial charge in [-0.1, -0.05) is 18.6 Å².